The highest BCUT2D eigenvalue weighted by atomic mass is 32.1. The predicted octanol–water partition coefficient (Wildman–Crippen LogP) is 3.21. The third-order valence-corrected chi connectivity index (χ3v) is 4.83. The fourth-order valence-corrected chi connectivity index (χ4v) is 3.44. The summed E-state index contributed by atoms with van der Waals surface area (Å²) in [5.41, 5.74) is 1.87. The fourth-order valence-electron chi connectivity index (χ4n) is 3.05. The molecule has 0 unspecified atom stereocenters. The Labute approximate surface area is 168 Å². The van der Waals surface area contributed by atoms with Gasteiger partial charge < -0.3 is 24.5 Å². The Morgan fingerprint density at radius 3 is 2.57 bits per heavy atom. The number of hydrogen-bond donors (Lipinski definition) is 2. The Morgan fingerprint density at radius 1 is 1.14 bits per heavy atom. The zero-order valence-electron chi connectivity index (χ0n) is 15.8. The number of pyridine rings is 1. The molecule has 2 aromatic carbocycles. The van der Waals surface area contributed by atoms with Gasteiger partial charge in [0, 0.05) is 31.8 Å². The van der Waals surface area contributed by atoms with Crippen molar-refractivity contribution in [1.82, 2.24) is 4.98 Å². The summed E-state index contributed by atoms with van der Waals surface area (Å²) in [6.07, 6.45) is 0. The minimum Gasteiger partial charge on any atom is -0.506 e. The maximum Gasteiger partial charge on any atom is 0.262 e. The summed E-state index contributed by atoms with van der Waals surface area (Å²) in [7, 11) is 3.20. The van der Waals surface area contributed by atoms with Gasteiger partial charge in [0.25, 0.3) is 5.56 Å². The van der Waals surface area contributed by atoms with E-state index in [1.807, 2.05) is 36.4 Å². The van der Waals surface area contributed by atoms with Crippen LogP contribution in [0.15, 0.2) is 53.3 Å². The van der Waals surface area contributed by atoms with Crippen molar-refractivity contribution >= 4 is 33.8 Å². The highest BCUT2D eigenvalue weighted by molar-refractivity contribution is 7.81. The number of nitrogens with one attached hydrogen (secondary N) is 1. The SMILES string of the molecule is COCCN(C(=S)c1c(O)c2cc(COC)ccc2[nH]c1=O)c1ccccc1. The maximum absolute atomic E-state index is 12.7. The second-order valence-corrected chi connectivity index (χ2v) is 6.66. The van der Waals surface area contributed by atoms with Crippen LogP contribution in [0.2, 0.25) is 0 Å². The normalized spacial score (nSPS) is 10.9. The van der Waals surface area contributed by atoms with Crippen LogP contribution < -0.4 is 10.5 Å². The van der Waals surface area contributed by atoms with E-state index < -0.39 is 5.56 Å². The van der Waals surface area contributed by atoms with Gasteiger partial charge in [-0.05, 0) is 29.8 Å². The molecule has 0 aliphatic carbocycles. The summed E-state index contributed by atoms with van der Waals surface area (Å²) in [6.45, 7) is 1.26. The molecule has 146 valence electrons. The summed E-state index contributed by atoms with van der Waals surface area (Å²) >= 11 is 5.63. The molecule has 3 rings (SSSR count). The molecule has 0 atom stereocenters. The molecule has 7 heteroatoms. The van der Waals surface area contributed by atoms with Crippen LogP contribution in [-0.2, 0) is 16.1 Å². The number of ether oxygens (including phenoxy) is 2. The lowest BCUT2D eigenvalue weighted by Gasteiger charge is -2.25. The average Bonchev–Trinajstić information content (AvgIpc) is 2.70. The van der Waals surface area contributed by atoms with Crippen molar-refractivity contribution in [2.75, 3.05) is 32.3 Å². The third kappa shape index (κ3) is 4.06. The van der Waals surface area contributed by atoms with Gasteiger partial charge in [0.15, 0.2) is 0 Å². The van der Waals surface area contributed by atoms with E-state index in [-0.39, 0.29) is 16.3 Å². The van der Waals surface area contributed by atoms with Crippen LogP contribution in [0, 0.1) is 0 Å². The zero-order chi connectivity index (χ0) is 20.1. The molecule has 0 saturated heterocycles. The minimum atomic E-state index is -0.437. The molecule has 1 aromatic heterocycles. The first-order valence-corrected chi connectivity index (χ1v) is 9.20. The fraction of sp³-hybridized carbons (Fsp3) is 0.238. The summed E-state index contributed by atoms with van der Waals surface area (Å²) in [5, 5.41) is 11.4. The van der Waals surface area contributed by atoms with Gasteiger partial charge in [-0.25, -0.2) is 0 Å². The van der Waals surface area contributed by atoms with Crippen molar-refractivity contribution in [3.05, 3.63) is 70.0 Å². The zero-order valence-corrected chi connectivity index (χ0v) is 16.6. The molecule has 2 N–H and O–H groups in total. The highest BCUT2D eigenvalue weighted by Crippen LogP contribution is 2.28. The second kappa shape index (κ2) is 8.97. The number of aromatic nitrogens is 1. The average molecular weight is 398 g/mol. The molecule has 3 aromatic rings. The lowest BCUT2D eigenvalue weighted by molar-refractivity contribution is 0.185. The van der Waals surface area contributed by atoms with Crippen molar-refractivity contribution in [3.8, 4) is 5.75 Å². The van der Waals surface area contributed by atoms with Crippen molar-refractivity contribution in [2.24, 2.45) is 0 Å². The van der Waals surface area contributed by atoms with Gasteiger partial charge in [0.2, 0.25) is 0 Å². The van der Waals surface area contributed by atoms with E-state index in [9.17, 15) is 9.90 Å². The Balaban J connectivity index is 2.11. The monoisotopic (exact) mass is 398 g/mol. The standard InChI is InChI=1S/C21H22N2O4S/c1-26-11-10-23(15-6-4-3-5-7-15)21(28)18-19(24)16-12-14(13-27-2)8-9-17(16)22-20(18)25/h3-9,12H,10-11,13H2,1-2H3,(H2,22,24,25). The smallest absolute Gasteiger partial charge is 0.262 e. The summed E-state index contributed by atoms with van der Waals surface area (Å²) in [4.78, 5) is 17.6. The van der Waals surface area contributed by atoms with Crippen LogP contribution in [0.25, 0.3) is 10.9 Å². The minimum absolute atomic E-state index is 0.0667. The molecular formula is C21H22N2O4S. The molecule has 0 aliphatic heterocycles. The number of anilines is 1. The number of fused-ring (bicyclic) bond motifs is 1. The number of thiocarbonyl (C=S) groups is 1. The predicted molar refractivity (Wildman–Crippen MR) is 114 cm³/mol. The summed E-state index contributed by atoms with van der Waals surface area (Å²) in [6, 6.07) is 14.8. The van der Waals surface area contributed by atoms with Crippen molar-refractivity contribution < 1.29 is 14.6 Å². The van der Waals surface area contributed by atoms with Gasteiger partial charge in [-0.1, -0.05) is 36.5 Å². The Morgan fingerprint density at radius 2 is 1.89 bits per heavy atom. The van der Waals surface area contributed by atoms with Crippen LogP contribution in [0.1, 0.15) is 11.1 Å². The molecule has 0 amide bonds. The second-order valence-electron chi connectivity index (χ2n) is 6.28. The van der Waals surface area contributed by atoms with Gasteiger partial charge in [-0.3, -0.25) is 4.79 Å². The number of para-hydroxylation sites is 1. The van der Waals surface area contributed by atoms with Crippen LogP contribution >= 0.6 is 12.2 Å². The number of H-pyrrole nitrogens is 1. The van der Waals surface area contributed by atoms with E-state index in [4.69, 9.17) is 21.7 Å². The van der Waals surface area contributed by atoms with Crippen molar-refractivity contribution in [2.45, 2.75) is 6.61 Å². The molecule has 0 aliphatic rings. The van der Waals surface area contributed by atoms with Gasteiger partial charge in [-0.2, -0.15) is 0 Å². The topological polar surface area (TPSA) is 74.8 Å². The number of rotatable bonds is 7. The van der Waals surface area contributed by atoms with Crippen LogP contribution in [-0.4, -0.2) is 42.5 Å². The number of benzene rings is 2. The molecule has 0 saturated carbocycles. The quantitative estimate of drug-likeness (QED) is 0.596. The van der Waals surface area contributed by atoms with E-state index in [0.717, 1.165) is 11.3 Å². The first kappa shape index (κ1) is 20.0. The van der Waals surface area contributed by atoms with E-state index in [0.29, 0.717) is 30.7 Å². The largest absolute Gasteiger partial charge is 0.506 e. The molecule has 1 heterocycles. The summed E-state index contributed by atoms with van der Waals surface area (Å²) in [5.74, 6) is -0.139. The number of aromatic hydroxyl groups is 1. The Hall–Kier alpha value is -2.74. The Kier molecular flexibility index (Phi) is 6.41. The van der Waals surface area contributed by atoms with Crippen molar-refractivity contribution in [1.29, 1.82) is 0 Å². The lowest BCUT2D eigenvalue weighted by Crippen LogP contribution is -2.36. The van der Waals surface area contributed by atoms with E-state index in [1.165, 1.54) is 0 Å². The van der Waals surface area contributed by atoms with E-state index in [1.54, 1.807) is 31.3 Å². The van der Waals surface area contributed by atoms with Crippen LogP contribution in [0.4, 0.5) is 5.69 Å². The highest BCUT2D eigenvalue weighted by Gasteiger charge is 2.22. The Bertz CT molecular complexity index is 1030. The van der Waals surface area contributed by atoms with E-state index in [2.05, 4.69) is 4.98 Å². The molecule has 6 nitrogen and oxygen atoms in total. The molecule has 0 spiro atoms. The lowest BCUT2D eigenvalue weighted by atomic mass is 10.1. The number of methoxy groups -OCH3 is 2. The molecular weight excluding hydrogens is 376 g/mol. The number of nitrogens with zero attached hydrogens (tertiary/aromatic N) is 1. The van der Waals surface area contributed by atoms with Gasteiger partial charge in [0.05, 0.1) is 18.7 Å². The summed E-state index contributed by atoms with van der Waals surface area (Å²) < 4.78 is 10.3. The first-order valence-electron chi connectivity index (χ1n) is 8.79. The number of aromatic amines is 1. The molecule has 28 heavy (non-hydrogen) atoms. The maximum atomic E-state index is 12.7. The van der Waals surface area contributed by atoms with Gasteiger partial charge in [-0.15, -0.1) is 0 Å². The number of hydrogen-bond acceptors (Lipinski definition) is 5. The van der Waals surface area contributed by atoms with E-state index >= 15 is 0 Å². The van der Waals surface area contributed by atoms with Crippen molar-refractivity contribution in [3.63, 3.8) is 0 Å². The third-order valence-electron chi connectivity index (χ3n) is 4.41. The molecule has 0 fully saturated rings. The molecule has 0 bridgehead atoms. The first-order chi connectivity index (χ1) is 13.6. The van der Waals surface area contributed by atoms with Crippen LogP contribution in [0.5, 0.6) is 5.75 Å². The van der Waals surface area contributed by atoms with Gasteiger partial charge in [0.1, 0.15) is 16.3 Å². The van der Waals surface area contributed by atoms with Gasteiger partial charge >= 0.3 is 0 Å². The van der Waals surface area contributed by atoms with Crippen LogP contribution in [0.3, 0.4) is 0 Å². The molecule has 0 radical (unpaired) electrons.